The van der Waals surface area contributed by atoms with Crippen LogP contribution in [0.4, 0.5) is 5.69 Å². The summed E-state index contributed by atoms with van der Waals surface area (Å²) < 4.78 is 28.6. The molecular formula is C21H31N3O3S. The number of nitrogens with one attached hydrogen (secondary N) is 1. The van der Waals surface area contributed by atoms with E-state index in [0.717, 1.165) is 24.2 Å². The van der Waals surface area contributed by atoms with Crippen molar-refractivity contribution in [3.8, 4) is 0 Å². The molecule has 1 N–H and O–H groups in total. The molecule has 0 aliphatic heterocycles. The van der Waals surface area contributed by atoms with Gasteiger partial charge in [0.1, 0.15) is 0 Å². The fraction of sp³-hybridized carbons (Fsp3) is 0.476. The van der Waals surface area contributed by atoms with Crippen LogP contribution in [0.3, 0.4) is 0 Å². The minimum atomic E-state index is -3.51. The first-order chi connectivity index (χ1) is 13.1. The summed E-state index contributed by atoms with van der Waals surface area (Å²) in [5, 5.41) is 2.86. The van der Waals surface area contributed by atoms with Gasteiger partial charge in [-0.2, -0.15) is 0 Å². The van der Waals surface area contributed by atoms with Gasteiger partial charge in [-0.15, -0.1) is 0 Å². The van der Waals surface area contributed by atoms with Gasteiger partial charge in [0.15, 0.2) is 0 Å². The van der Waals surface area contributed by atoms with E-state index in [0.29, 0.717) is 17.8 Å². The predicted octanol–water partition coefficient (Wildman–Crippen LogP) is 4.36. The van der Waals surface area contributed by atoms with Crippen LogP contribution in [0, 0.1) is 13.8 Å². The van der Waals surface area contributed by atoms with E-state index >= 15 is 0 Å². The number of amides is 1. The quantitative estimate of drug-likeness (QED) is 0.709. The Labute approximate surface area is 168 Å². The number of carbonyl (C=O) groups is 1. The SMILES string of the molecule is CCCCN(C)S(=O)(=O)c1ccc(NC(=O)c2cc(C)n(C(C)C)c2C)cc1. The highest BCUT2D eigenvalue weighted by Gasteiger charge is 2.21. The average molecular weight is 406 g/mol. The second kappa shape index (κ2) is 8.92. The van der Waals surface area contributed by atoms with Crippen molar-refractivity contribution >= 4 is 21.6 Å². The topological polar surface area (TPSA) is 71.4 Å². The zero-order valence-electron chi connectivity index (χ0n) is 17.6. The standard InChI is InChI=1S/C21H31N3O3S/c1-7-8-13-23(6)28(26,27)19-11-9-18(10-12-19)22-21(25)20-14-16(4)24(15(2)3)17(20)5/h9-12,14-15H,7-8,13H2,1-6H3,(H,22,25). The molecule has 6 nitrogen and oxygen atoms in total. The van der Waals surface area contributed by atoms with Crippen LogP contribution >= 0.6 is 0 Å². The van der Waals surface area contributed by atoms with Crippen molar-refractivity contribution in [2.24, 2.45) is 0 Å². The van der Waals surface area contributed by atoms with E-state index in [9.17, 15) is 13.2 Å². The average Bonchev–Trinajstić information content (AvgIpc) is 2.94. The Bertz CT molecular complexity index is 929. The lowest BCUT2D eigenvalue weighted by molar-refractivity contribution is 0.102. The normalized spacial score (nSPS) is 12.0. The Morgan fingerprint density at radius 3 is 2.29 bits per heavy atom. The Kier molecular flexibility index (Phi) is 7.06. The zero-order chi connectivity index (χ0) is 21.1. The third kappa shape index (κ3) is 4.64. The van der Waals surface area contributed by atoms with Crippen LogP contribution in [0.25, 0.3) is 0 Å². The van der Waals surface area contributed by atoms with Crippen LogP contribution in [-0.4, -0.2) is 36.8 Å². The van der Waals surface area contributed by atoms with Crippen molar-refractivity contribution in [2.75, 3.05) is 18.9 Å². The molecule has 0 spiro atoms. The number of hydrogen-bond acceptors (Lipinski definition) is 3. The molecule has 1 amide bonds. The van der Waals surface area contributed by atoms with Crippen molar-refractivity contribution in [3.05, 3.63) is 47.3 Å². The van der Waals surface area contributed by atoms with Gasteiger partial charge in [0.05, 0.1) is 10.5 Å². The largest absolute Gasteiger partial charge is 0.346 e. The van der Waals surface area contributed by atoms with Crippen LogP contribution in [0.2, 0.25) is 0 Å². The number of aryl methyl sites for hydroxylation is 1. The number of carbonyl (C=O) groups excluding carboxylic acids is 1. The minimum Gasteiger partial charge on any atom is -0.346 e. The summed E-state index contributed by atoms with van der Waals surface area (Å²) in [5.74, 6) is -0.198. The Balaban J connectivity index is 2.17. The van der Waals surface area contributed by atoms with E-state index in [4.69, 9.17) is 0 Å². The van der Waals surface area contributed by atoms with Crippen molar-refractivity contribution in [3.63, 3.8) is 0 Å². The number of unbranched alkanes of at least 4 members (excludes halogenated alkanes) is 1. The predicted molar refractivity (Wildman–Crippen MR) is 113 cm³/mol. The van der Waals surface area contributed by atoms with E-state index in [1.54, 1.807) is 19.2 Å². The lowest BCUT2D eigenvalue weighted by Gasteiger charge is -2.17. The van der Waals surface area contributed by atoms with Crippen LogP contribution < -0.4 is 5.32 Å². The van der Waals surface area contributed by atoms with Crippen LogP contribution in [0.15, 0.2) is 35.2 Å². The number of benzene rings is 1. The number of nitrogens with zero attached hydrogens (tertiary/aromatic N) is 2. The highest BCUT2D eigenvalue weighted by molar-refractivity contribution is 7.89. The molecule has 1 aromatic carbocycles. The maximum absolute atomic E-state index is 12.7. The molecule has 2 rings (SSSR count). The molecule has 0 fully saturated rings. The second-order valence-corrected chi connectivity index (χ2v) is 9.45. The van der Waals surface area contributed by atoms with Gasteiger partial charge in [-0.3, -0.25) is 4.79 Å². The summed E-state index contributed by atoms with van der Waals surface area (Å²) in [4.78, 5) is 12.9. The van der Waals surface area contributed by atoms with Crippen molar-refractivity contribution < 1.29 is 13.2 Å². The fourth-order valence-electron chi connectivity index (χ4n) is 3.39. The second-order valence-electron chi connectivity index (χ2n) is 7.41. The number of anilines is 1. The maximum Gasteiger partial charge on any atom is 0.257 e. The van der Waals surface area contributed by atoms with Gasteiger partial charge < -0.3 is 9.88 Å². The van der Waals surface area contributed by atoms with Gasteiger partial charge in [-0.05, 0) is 64.4 Å². The molecule has 0 saturated heterocycles. The minimum absolute atomic E-state index is 0.198. The first-order valence-corrected chi connectivity index (χ1v) is 11.1. The molecule has 0 unspecified atom stereocenters. The summed E-state index contributed by atoms with van der Waals surface area (Å²) in [5.41, 5.74) is 3.15. The molecule has 28 heavy (non-hydrogen) atoms. The van der Waals surface area contributed by atoms with Crippen LogP contribution in [-0.2, 0) is 10.0 Å². The van der Waals surface area contributed by atoms with E-state index in [1.165, 1.54) is 16.4 Å². The molecule has 7 heteroatoms. The van der Waals surface area contributed by atoms with E-state index < -0.39 is 10.0 Å². The number of rotatable bonds is 8. The molecule has 0 atom stereocenters. The molecule has 0 bridgehead atoms. The fourth-order valence-corrected chi connectivity index (χ4v) is 4.60. The Hall–Kier alpha value is -2.12. The van der Waals surface area contributed by atoms with E-state index in [1.807, 2.05) is 26.8 Å². The molecule has 154 valence electrons. The molecule has 1 heterocycles. The molecule has 2 aromatic rings. The summed E-state index contributed by atoms with van der Waals surface area (Å²) in [6, 6.07) is 8.47. The number of hydrogen-bond donors (Lipinski definition) is 1. The van der Waals surface area contributed by atoms with E-state index in [2.05, 4.69) is 23.7 Å². The molecular weight excluding hydrogens is 374 g/mol. The van der Waals surface area contributed by atoms with Gasteiger partial charge >= 0.3 is 0 Å². The van der Waals surface area contributed by atoms with Crippen molar-refractivity contribution in [1.82, 2.24) is 8.87 Å². The van der Waals surface area contributed by atoms with Crippen LogP contribution in [0.5, 0.6) is 0 Å². The summed E-state index contributed by atoms with van der Waals surface area (Å²) in [6.45, 7) is 10.6. The first-order valence-electron chi connectivity index (χ1n) is 9.65. The lowest BCUT2D eigenvalue weighted by Crippen LogP contribution is -2.27. The highest BCUT2D eigenvalue weighted by atomic mass is 32.2. The zero-order valence-corrected chi connectivity index (χ0v) is 18.4. The molecule has 0 radical (unpaired) electrons. The maximum atomic E-state index is 12.7. The monoisotopic (exact) mass is 405 g/mol. The lowest BCUT2D eigenvalue weighted by atomic mass is 10.2. The van der Waals surface area contributed by atoms with E-state index in [-0.39, 0.29) is 16.8 Å². The molecule has 0 aliphatic carbocycles. The van der Waals surface area contributed by atoms with Crippen molar-refractivity contribution in [2.45, 2.75) is 58.4 Å². The third-order valence-electron chi connectivity index (χ3n) is 4.89. The molecule has 0 saturated carbocycles. The Morgan fingerprint density at radius 2 is 1.79 bits per heavy atom. The third-order valence-corrected chi connectivity index (χ3v) is 6.76. The van der Waals surface area contributed by atoms with Gasteiger partial charge in [0, 0.05) is 36.7 Å². The molecule has 0 aliphatic rings. The first kappa shape index (κ1) is 22.2. The van der Waals surface area contributed by atoms with Gasteiger partial charge in [0.2, 0.25) is 10.0 Å². The summed E-state index contributed by atoms with van der Waals surface area (Å²) in [7, 11) is -1.92. The molecule has 1 aromatic heterocycles. The summed E-state index contributed by atoms with van der Waals surface area (Å²) in [6.07, 6.45) is 1.75. The summed E-state index contributed by atoms with van der Waals surface area (Å²) >= 11 is 0. The Morgan fingerprint density at radius 1 is 1.18 bits per heavy atom. The number of aromatic nitrogens is 1. The van der Waals surface area contributed by atoms with Gasteiger partial charge in [-0.25, -0.2) is 12.7 Å². The van der Waals surface area contributed by atoms with Gasteiger partial charge in [-0.1, -0.05) is 13.3 Å². The number of sulfonamides is 1. The van der Waals surface area contributed by atoms with Gasteiger partial charge in [0.25, 0.3) is 5.91 Å². The van der Waals surface area contributed by atoms with Crippen LogP contribution in [0.1, 0.15) is 61.4 Å². The highest BCUT2D eigenvalue weighted by Crippen LogP contribution is 2.22. The smallest absolute Gasteiger partial charge is 0.257 e. The van der Waals surface area contributed by atoms with Crippen molar-refractivity contribution in [1.29, 1.82) is 0 Å².